The minimum Gasteiger partial charge on any atom is -0.507 e. The van der Waals surface area contributed by atoms with E-state index in [4.69, 9.17) is 4.74 Å². The standard InChI is InChI=1S/C18H23NO5/c1-18(2,3)24-17(23)19-10-14(20)16(22)13-9-8-11-6-4-5-7-12(11)15(13)21/h4-9,14,16,20-22H,10H2,1-3H3,(H,19,23). The van der Waals surface area contributed by atoms with E-state index in [0.717, 1.165) is 5.39 Å². The molecule has 2 atom stereocenters. The van der Waals surface area contributed by atoms with E-state index in [0.29, 0.717) is 5.39 Å². The number of carbonyl (C=O) groups is 1. The van der Waals surface area contributed by atoms with Gasteiger partial charge in [-0.25, -0.2) is 4.79 Å². The molecule has 0 aromatic heterocycles. The highest BCUT2D eigenvalue weighted by molar-refractivity contribution is 5.89. The number of amides is 1. The Kier molecular flexibility index (Phi) is 5.31. The lowest BCUT2D eigenvalue weighted by molar-refractivity contribution is 0.0120. The van der Waals surface area contributed by atoms with E-state index in [1.807, 2.05) is 12.1 Å². The number of nitrogens with one attached hydrogen (secondary N) is 1. The summed E-state index contributed by atoms with van der Waals surface area (Å²) in [4.78, 5) is 11.6. The Hall–Kier alpha value is -2.31. The third kappa shape index (κ3) is 4.37. The predicted molar refractivity (Wildman–Crippen MR) is 90.8 cm³/mol. The van der Waals surface area contributed by atoms with E-state index in [9.17, 15) is 20.1 Å². The quantitative estimate of drug-likeness (QED) is 0.689. The number of fused-ring (bicyclic) bond motifs is 1. The molecule has 0 aliphatic heterocycles. The molecule has 0 radical (unpaired) electrons. The van der Waals surface area contributed by atoms with E-state index >= 15 is 0 Å². The highest BCUT2D eigenvalue weighted by Gasteiger charge is 2.24. The molecule has 2 aromatic carbocycles. The van der Waals surface area contributed by atoms with Crippen molar-refractivity contribution < 1.29 is 24.9 Å². The van der Waals surface area contributed by atoms with Crippen molar-refractivity contribution >= 4 is 16.9 Å². The van der Waals surface area contributed by atoms with Crippen molar-refractivity contribution in [1.82, 2.24) is 5.32 Å². The number of hydrogen-bond donors (Lipinski definition) is 4. The third-order valence-electron chi connectivity index (χ3n) is 3.47. The number of carbonyl (C=O) groups excluding carboxylic acids is 1. The molecule has 2 rings (SSSR count). The van der Waals surface area contributed by atoms with Crippen LogP contribution in [-0.4, -0.2) is 39.7 Å². The van der Waals surface area contributed by atoms with Gasteiger partial charge in [0.15, 0.2) is 0 Å². The molecule has 0 aliphatic rings. The van der Waals surface area contributed by atoms with Gasteiger partial charge in [-0.1, -0.05) is 36.4 Å². The summed E-state index contributed by atoms with van der Waals surface area (Å²) in [5, 5.41) is 34.5. The SMILES string of the molecule is CC(C)(C)OC(=O)NCC(O)C(O)c1ccc2ccccc2c1O. The first-order valence-corrected chi connectivity index (χ1v) is 7.72. The normalized spacial score (nSPS) is 14.2. The first-order valence-electron chi connectivity index (χ1n) is 7.72. The minimum absolute atomic E-state index is 0.0862. The number of rotatable bonds is 4. The number of aliphatic hydroxyl groups is 2. The van der Waals surface area contributed by atoms with Crippen molar-refractivity contribution in [2.45, 2.75) is 38.6 Å². The van der Waals surface area contributed by atoms with E-state index in [1.54, 1.807) is 45.0 Å². The molecular weight excluding hydrogens is 310 g/mol. The molecule has 2 unspecified atom stereocenters. The van der Waals surface area contributed by atoms with Crippen LogP contribution < -0.4 is 5.32 Å². The van der Waals surface area contributed by atoms with Gasteiger partial charge in [0.2, 0.25) is 0 Å². The van der Waals surface area contributed by atoms with Gasteiger partial charge < -0.3 is 25.4 Å². The largest absolute Gasteiger partial charge is 0.507 e. The molecule has 6 nitrogen and oxygen atoms in total. The summed E-state index contributed by atoms with van der Waals surface area (Å²) >= 11 is 0. The molecule has 4 N–H and O–H groups in total. The maximum absolute atomic E-state index is 11.6. The second kappa shape index (κ2) is 7.07. The molecule has 0 saturated heterocycles. The average Bonchev–Trinajstić information content (AvgIpc) is 2.51. The van der Waals surface area contributed by atoms with Gasteiger partial charge in [-0.05, 0) is 26.2 Å². The smallest absolute Gasteiger partial charge is 0.407 e. The van der Waals surface area contributed by atoms with Crippen molar-refractivity contribution in [2.24, 2.45) is 0 Å². The van der Waals surface area contributed by atoms with Crippen molar-refractivity contribution in [3.63, 3.8) is 0 Å². The summed E-state index contributed by atoms with van der Waals surface area (Å²) in [5.74, 6) is -0.0862. The number of aromatic hydroxyl groups is 1. The number of hydrogen-bond acceptors (Lipinski definition) is 5. The van der Waals surface area contributed by atoms with Gasteiger partial charge in [0.25, 0.3) is 0 Å². The van der Waals surface area contributed by atoms with E-state index in [-0.39, 0.29) is 17.9 Å². The van der Waals surface area contributed by atoms with Crippen LogP contribution in [0.25, 0.3) is 10.8 Å². The summed E-state index contributed by atoms with van der Waals surface area (Å²) in [6, 6.07) is 10.5. The lowest BCUT2D eigenvalue weighted by atomic mass is 9.98. The summed E-state index contributed by atoms with van der Waals surface area (Å²) in [5.41, 5.74) is -0.447. The molecule has 2 aromatic rings. The topological polar surface area (TPSA) is 99.0 Å². The van der Waals surface area contributed by atoms with Crippen molar-refractivity contribution in [3.8, 4) is 5.75 Å². The molecule has 0 fully saturated rings. The second-order valence-electron chi connectivity index (χ2n) is 6.62. The van der Waals surface area contributed by atoms with E-state index in [2.05, 4.69) is 5.32 Å². The zero-order valence-electron chi connectivity index (χ0n) is 14.0. The van der Waals surface area contributed by atoms with E-state index < -0.39 is 23.9 Å². The second-order valence-corrected chi connectivity index (χ2v) is 6.62. The Morgan fingerprint density at radius 1 is 1.17 bits per heavy atom. The van der Waals surface area contributed by atoms with Crippen LogP contribution in [0.4, 0.5) is 4.79 Å². The Bertz CT molecular complexity index is 723. The zero-order valence-corrected chi connectivity index (χ0v) is 14.0. The highest BCUT2D eigenvalue weighted by Crippen LogP contribution is 2.33. The maximum Gasteiger partial charge on any atom is 0.407 e. The Balaban J connectivity index is 2.07. The summed E-state index contributed by atoms with van der Waals surface area (Å²) in [7, 11) is 0. The molecule has 0 spiro atoms. The van der Waals surface area contributed by atoms with Gasteiger partial charge in [-0.3, -0.25) is 0 Å². The fraction of sp³-hybridized carbons (Fsp3) is 0.389. The highest BCUT2D eigenvalue weighted by atomic mass is 16.6. The van der Waals surface area contributed by atoms with Gasteiger partial charge in [0, 0.05) is 17.5 Å². The van der Waals surface area contributed by atoms with Crippen LogP contribution >= 0.6 is 0 Å². The number of ether oxygens (including phenoxy) is 1. The number of phenols is 1. The molecular formula is C18H23NO5. The van der Waals surface area contributed by atoms with Crippen LogP contribution in [-0.2, 0) is 4.74 Å². The van der Waals surface area contributed by atoms with Crippen LogP contribution in [0.3, 0.4) is 0 Å². The number of aliphatic hydroxyl groups excluding tert-OH is 2. The average molecular weight is 333 g/mol. The van der Waals surface area contributed by atoms with Gasteiger partial charge >= 0.3 is 6.09 Å². The minimum atomic E-state index is -1.34. The Morgan fingerprint density at radius 2 is 1.83 bits per heavy atom. The van der Waals surface area contributed by atoms with Gasteiger partial charge in [-0.15, -0.1) is 0 Å². The maximum atomic E-state index is 11.6. The van der Waals surface area contributed by atoms with Crippen LogP contribution in [0, 0.1) is 0 Å². The monoisotopic (exact) mass is 333 g/mol. The molecule has 0 bridgehead atoms. The van der Waals surface area contributed by atoms with Crippen molar-refractivity contribution in [2.75, 3.05) is 6.54 Å². The summed E-state index contributed by atoms with van der Waals surface area (Å²) in [6.45, 7) is 4.98. The number of phenolic OH excluding ortho intramolecular Hbond substituents is 1. The zero-order chi connectivity index (χ0) is 17.9. The summed E-state index contributed by atoms with van der Waals surface area (Å²) < 4.78 is 5.06. The molecule has 0 heterocycles. The van der Waals surface area contributed by atoms with Crippen molar-refractivity contribution in [1.29, 1.82) is 0 Å². The van der Waals surface area contributed by atoms with Gasteiger partial charge in [0.05, 0.1) is 0 Å². The molecule has 0 saturated carbocycles. The lowest BCUT2D eigenvalue weighted by Gasteiger charge is -2.22. The summed E-state index contributed by atoms with van der Waals surface area (Å²) in [6.07, 6.45) is -3.31. The fourth-order valence-corrected chi connectivity index (χ4v) is 2.33. The van der Waals surface area contributed by atoms with Crippen LogP contribution in [0.15, 0.2) is 36.4 Å². The molecule has 1 amide bonds. The molecule has 6 heteroatoms. The Labute approximate surface area is 140 Å². The Morgan fingerprint density at radius 3 is 2.50 bits per heavy atom. The fourth-order valence-electron chi connectivity index (χ4n) is 2.33. The van der Waals surface area contributed by atoms with Crippen LogP contribution in [0.2, 0.25) is 0 Å². The van der Waals surface area contributed by atoms with Crippen molar-refractivity contribution in [3.05, 3.63) is 42.0 Å². The van der Waals surface area contributed by atoms with E-state index in [1.165, 1.54) is 0 Å². The van der Waals surface area contributed by atoms with Gasteiger partial charge in [0.1, 0.15) is 23.6 Å². The molecule has 24 heavy (non-hydrogen) atoms. The van der Waals surface area contributed by atoms with Gasteiger partial charge in [-0.2, -0.15) is 0 Å². The molecule has 130 valence electrons. The molecule has 0 aliphatic carbocycles. The first kappa shape index (κ1) is 18.0. The first-order chi connectivity index (χ1) is 11.2. The lowest BCUT2D eigenvalue weighted by Crippen LogP contribution is -2.38. The predicted octanol–water partition coefficient (Wildman–Crippen LogP) is 2.46. The third-order valence-corrected chi connectivity index (χ3v) is 3.47. The number of benzene rings is 2. The van der Waals surface area contributed by atoms with Crippen LogP contribution in [0.5, 0.6) is 5.75 Å². The van der Waals surface area contributed by atoms with Crippen LogP contribution in [0.1, 0.15) is 32.4 Å². The number of alkyl carbamates (subject to hydrolysis) is 1.